The molecule has 0 spiro atoms. The summed E-state index contributed by atoms with van der Waals surface area (Å²) >= 11 is 1.53. The molecule has 2 heterocycles. The fourth-order valence-electron chi connectivity index (χ4n) is 3.91. The highest BCUT2D eigenvalue weighted by atomic mass is 32.2. The minimum atomic E-state index is -0.436. The summed E-state index contributed by atoms with van der Waals surface area (Å²) in [6.45, 7) is 4.24. The Kier molecular flexibility index (Phi) is 7.37. The molecule has 7 nitrogen and oxygen atoms in total. The molecule has 0 bridgehead atoms. The minimum Gasteiger partial charge on any atom is -0.463 e. The molecule has 0 atom stereocenters. The van der Waals surface area contributed by atoms with Crippen LogP contribution >= 0.6 is 11.8 Å². The Morgan fingerprint density at radius 2 is 1.76 bits per heavy atom. The van der Waals surface area contributed by atoms with Crippen molar-refractivity contribution in [2.24, 2.45) is 0 Å². The van der Waals surface area contributed by atoms with Crippen LogP contribution in [0.2, 0.25) is 0 Å². The van der Waals surface area contributed by atoms with E-state index in [1.807, 2.05) is 42.2 Å². The topological polar surface area (TPSA) is 82.1 Å². The van der Waals surface area contributed by atoms with Crippen LogP contribution in [0.5, 0.6) is 0 Å². The van der Waals surface area contributed by atoms with Crippen molar-refractivity contribution >= 4 is 35.4 Å². The smallest absolute Gasteiger partial charge is 0.338 e. The van der Waals surface area contributed by atoms with Gasteiger partial charge in [-0.05, 0) is 38.1 Å². The number of esters is 3. The number of para-hydroxylation sites is 1. The normalized spacial score (nSPS) is 15.2. The molecule has 4 rings (SSSR count). The second-order valence-electron chi connectivity index (χ2n) is 7.62. The van der Waals surface area contributed by atoms with Gasteiger partial charge in [0.15, 0.2) is 0 Å². The Morgan fingerprint density at radius 1 is 1.03 bits per heavy atom. The van der Waals surface area contributed by atoms with Gasteiger partial charge < -0.3 is 19.1 Å². The van der Waals surface area contributed by atoms with Crippen LogP contribution < -0.4 is 4.90 Å². The van der Waals surface area contributed by atoms with Crippen molar-refractivity contribution in [3.8, 4) is 0 Å². The molecular weight excluding hydrogens is 454 g/mol. The number of benzene rings is 2. The molecule has 0 N–H and O–H groups in total. The molecule has 34 heavy (non-hydrogen) atoms. The first-order valence-corrected chi connectivity index (χ1v) is 12.0. The van der Waals surface area contributed by atoms with Crippen LogP contribution in [0.4, 0.5) is 5.69 Å². The maximum Gasteiger partial charge on any atom is 0.338 e. The summed E-state index contributed by atoms with van der Waals surface area (Å²) < 4.78 is 15.9. The molecule has 0 amide bonds. The van der Waals surface area contributed by atoms with E-state index in [1.165, 1.54) is 11.8 Å². The average molecular weight is 480 g/mol. The van der Waals surface area contributed by atoms with Crippen molar-refractivity contribution in [2.75, 3.05) is 30.5 Å². The Morgan fingerprint density at radius 3 is 2.53 bits per heavy atom. The Labute approximate surface area is 202 Å². The monoisotopic (exact) mass is 479 g/mol. The van der Waals surface area contributed by atoms with Crippen LogP contribution in [0.15, 0.2) is 82.0 Å². The van der Waals surface area contributed by atoms with E-state index in [0.29, 0.717) is 28.2 Å². The first-order chi connectivity index (χ1) is 16.5. The van der Waals surface area contributed by atoms with Gasteiger partial charge >= 0.3 is 17.9 Å². The molecule has 0 saturated carbocycles. The van der Waals surface area contributed by atoms with Gasteiger partial charge in [-0.3, -0.25) is 0 Å². The molecule has 0 radical (unpaired) electrons. The molecule has 176 valence electrons. The molecular formula is C26H25NO6S. The molecule has 8 heteroatoms. The van der Waals surface area contributed by atoms with Crippen LogP contribution in [0.25, 0.3) is 0 Å². The summed E-state index contributed by atoms with van der Waals surface area (Å²) in [4.78, 5) is 40.0. The number of hydrogen-bond acceptors (Lipinski definition) is 8. The SMILES string of the molecule is CCOC(=O)C1=C(C)N(c2ccccc2SCCOC(=O)c2ccccc2)C2=C(C1)C(=O)OC2. The van der Waals surface area contributed by atoms with Crippen molar-refractivity contribution in [2.45, 2.75) is 25.2 Å². The van der Waals surface area contributed by atoms with Crippen LogP contribution in [0.3, 0.4) is 0 Å². The van der Waals surface area contributed by atoms with Crippen molar-refractivity contribution in [1.82, 2.24) is 0 Å². The lowest BCUT2D eigenvalue weighted by atomic mass is 9.96. The molecule has 2 aliphatic rings. The molecule has 0 aromatic heterocycles. The van der Waals surface area contributed by atoms with E-state index in [0.717, 1.165) is 16.3 Å². The summed E-state index contributed by atoms with van der Waals surface area (Å²) in [5.41, 5.74) is 3.70. The van der Waals surface area contributed by atoms with E-state index in [4.69, 9.17) is 14.2 Å². The zero-order valence-electron chi connectivity index (χ0n) is 19.0. The molecule has 2 aromatic carbocycles. The number of allylic oxidation sites excluding steroid dienone is 1. The molecule has 0 saturated heterocycles. The zero-order valence-corrected chi connectivity index (χ0v) is 19.9. The quantitative estimate of drug-likeness (QED) is 0.237. The van der Waals surface area contributed by atoms with Gasteiger partial charge in [0.1, 0.15) is 13.2 Å². The lowest BCUT2D eigenvalue weighted by Crippen LogP contribution is -2.30. The van der Waals surface area contributed by atoms with Crippen molar-refractivity contribution < 1.29 is 28.6 Å². The van der Waals surface area contributed by atoms with E-state index in [1.54, 1.807) is 31.2 Å². The third kappa shape index (κ3) is 4.87. The zero-order chi connectivity index (χ0) is 24.1. The minimum absolute atomic E-state index is 0.148. The van der Waals surface area contributed by atoms with Gasteiger partial charge in [0.2, 0.25) is 0 Å². The molecule has 2 aliphatic heterocycles. The predicted octanol–water partition coefficient (Wildman–Crippen LogP) is 4.49. The fraction of sp³-hybridized carbons (Fsp3) is 0.269. The van der Waals surface area contributed by atoms with Crippen LogP contribution in [-0.4, -0.2) is 43.5 Å². The van der Waals surface area contributed by atoms with Crippen LogP contribution in [-0.2, 0) is 23.8 Å². The second kappa shape index (κ2) is 10.6. The second-order valence-corrected chi connectivity index (χ2v) is 8.75. The lowest BCUT2D eigenvalue weighted by molar-refractivity contribution is -0.138. The number of anilines is 1. The predicted molar refractivity (Wildman–Crippen MR) is 128 cm³/mol. The van der Waals surface area contributed by atoms with E-state index in [-0.39, 0.29) is 32.2 Å². The van der Waals surface area contributed by atoms with E-state index >= 15 is 0 Å². The van der Waals surface area contributed by atoms with Crippen molar-refractivity contribution in [3.63, 3.8) is 0 Å². The summed E-state index contributed by atoms with van der Waals surface area (Å²) in [5.74, 6) is -0.667. The van der Waals surface area contributed by atoms with E-state index in [9.17, 15) is 14.4 Å². The van der Waals surface area contributed by atoms with Crippen molar-refractivity contribution in [1.29, 1.82) is 0 Å². The largest absolute Gasteiger partial charge is 0.463 e. The van der Waals surface area contributed by atoms with Crippen molar-refractivity contribution in [3.05, 3.63) is 82.7 Å². The standard InChI is InChI=1S/C26H25NO6S/c1-3-31-25(29)19-15-20-22(16-33-26(20)30)27(17(19)2)21-11-7-8-12-23(21)34-14-13-32-24(28)18-9-5-4-6-10-18/h4-12H,3,13-16H2,1-2H3. The third-order valence-electron chi connectivity index (χ3n) is 5.54. The highest BCUT2D eigenvalue weighted by Crippen LogP contribution is 2.42. The van der Waals surface area contributed by atoms with Gasteiger partial charge in [0.05, 0.1) is 34.7 Å². The summed E-state index contributed by atoms with van der Waals surface area (Å²) in [6, 6.07) is 16.6. The van der Waals surface area contributed by atoms with E-state index in [2.05, 4.69) is 0 Å². The van der Waals surface area contributed by atoms with Gasteiger partial charge in [0, 0.05) is 22.8 Å². The Bertz CT molecular complexity index is 1170. The van der Waals surface area contributed by atoms with E-state index < -0.39 is 11.9 Å². The highest BCUT2D eigenvalue weighted by Gasteiger charge is 2.38. The first kappa shape index (κ1) is 23.6. The average Bonchev–Trinajstić information content (AvgIpc) is 3.22. The molecule has 0 fully saturated rings. The van der Waals surface area contributed by atoms with Gasteiger partial charge in [-0.25, -0.2) is 14.4 Å². The van der Waals surface area contributed by atoms with Crippen LogP contribution in [0, 0.1) is 0 Å². The number of thioether (sulfide) groups is 1. The summed E-state index contributed by atoms with van der Waals surface area (Å²) in [5, 5.41) is 0. The first-order valence-electron chi connectivity index (χ1n) is 11.0. The fourth-order valence-corrected chi connectivity index (χ4v) is 4.78. The number of nitrogens with zero attached hydrogens (tertiary/aromatic N) is 1. The maximum atomic E-state index is 12.6. The van der Waals surface area contributed by atoms with Crippen LogP contribution in [0.1, 0.15) is 30.6 Å². The molecule has 0 aliphatic carbocycles. The molecule has 2 aromatic rings. The lowest BCUT2D eigenvalue weighted by Gasteiger charge is -2.33. The van der Waals surface area contributed by atoms with Gasteiger partial charge in [-0.15, -0.1) is 11.8 Å². The highest BCUT2D eigenvalue weighted by molar-refractivity contribution is 7.99. The van der Waals surface area contributed by atoms with Gasteiger partial charge in [-0.2, -0.15) is 0 Å². The number of rotatable bonds is 8. The van der Waals surface area contributed by atoms with Gasteiger partial charge in [-0.1, -0.05) is 30.3 Å². The number of ether oxygens (including phenoxy) is 3. The number of hydrogen-bond donors (Lipinski definition) is 0. The summed E-state index contributed by atoms with van der Waals surface area (Å²) in [7, 11) is 0. The molecule has 0 unspecified atom stereocenters. The van der Waals surface area contributed by atoms with Gasteiger partial charge in [0.25, 0.3) is 0 Å². The Hall–Kier alpha value is -3.52. The maximum absolute atomic E-state index is 12.6. The number of cyclic esters (lactones) is 1. The third-order valence-corrected chi connectivity index (χ3v) is 6.57. The number of carbonyl (C=O) groups is 3. The summed E-state index contributed by atoms with van der Waals surface area (Å²) in [6.07, 6.45) is 0.195. The number of carbonyl (C=O) groups excluding carboxylic acids is 3. The Balaban J connectivity index is 1.54.